The lowest BCUT2D eigenvalue weighted by atomic mass is 9.94. The van der Waals surface area contributed by atoms with E-state index in [1.165, 1.54) is 16.4 Å². The predicted molar refractivity (Wildman–Crippen MR) is 82.9 cm³/mol. The van der Waals surface area contributed by atoms with E-state index in [0.29, 0.717) is 30.7 Å². The van der Waals surface area contributed by atoms with Gasteiger partial charge in [-0.05, 0) is 37.1 Å². The van der Waals surface area contributed by atoms with Crippen molar-refractivity contribution in [1.29, 1.82) is 0 Å². The lowest BCUT2D eigenvalue weighted by molar-refractivity contribution is -0.123. The van der Waals surface area contributed by atoms with Gasteiger partial charge in [0.1, 0.15) is 5.78 Å². The van der Waals surface area contributed by atoms with E-state index in [1.54, 1.807) is 12.1 Å². The highest BCUT2D eigenvalue weighted by Crippen LogP contribution is 2.31. The molecule has 0 aliphatic carbocycles. The molecule has 0 N–H and O–H groups in total. The molecule has 21 heavy (non-hydrogen) atoms. The molecule has 0 saturated carbocycles. The van der Waals surface area contributed by atoms with E-state index in [2.05, 4.69) is 0 Å². The Morgan fingerprint density at radius 2 is 1.57 bits per heavy atom. The van der Waals surface area contributed by atoms with E-state index >= 15 is 0 Å². The Labute approximate surface area is 131 Å². The first-order valence-electron chi connectivity index (χ1n) is 7.21. The summed E-state index contributed by atoms with van der Waals surface area (Å²) in [6, 6.07) is 5.69. The normalized spacial score (nSPS) is 24.2. The SMILES string of the molecule is CC[C@@H]1CC(=O)C[C@H](CC)N1S(=O)(=O)c1ccc(Cl)cc1. The molecule has 0 radical (unpaired) electrons. The monoisotopic (exact) mass is 329 g/mol. The van der Waals surface area contributed by atoms with Gasteiger partial charge in [-0.15, -0.1) is 0 Å². The van der Waals surface area contributed by atoms with Gasteiger partial charge in [0.05, 0.1) is 4.90 Å². The molecule has 1 aliphatic rings. The Hall–Kier alpha value is -0.910. The minimum atomic E-state index is -3.60. The van der Waals surface area contributed by atoms with Crippen molar-refractivity contribution in [2.45, 2.75) is 56.5 Å². The van der Waals surface area contributed by atoms with Crippen molar-refractivity contribution in [3.8, 4) is 0 Å². The molecule has 1 saturated heterocycles. The van der Waals surface area contributed by atoms with Crippen molar-refractivity contribution in [2.75, 3.05) is 0 Å². The lowest BCUT2D eigenvalue weighted by Gasteiger charge is -2.39. The van der Waals surface area contributed by atoms with Crippen LogP contribution in [0.4, 0.5) is 0 Å². The first-order chi connectivity index (χ1) is 9.90. The number of nitrogens with zero attached hydrogens (tertiary/aromatic N) is 1. The molecule has 1 aromatic rings. The minimum Gasteiger partial charge on any atom is -0.300 e. The third kappa shape index (κ3) is 3.30. The van der Waals surface area contributed by atoms with Crippen LogP contribution in [0.2, 0.25) is 5.02 Å². The van der Waals surface area contributed by atoms with Crippen molar-refractivity contribution in [2.24, 2.45) is 0 Å². The summed E-state index contributed by atoms with van der Waals surface area (Å²) in [6.07, 6.45) is 1.88. The molecule has 6 heteroatoms. The van der Waals surface area contributed by atoms with Crippen LogP contribution in [-0.4, -0.2) is 30.6 Å². The highest BCUT2D eigenvalue weighted by Gasteiger charge is 2.40. The predicted octanol–water partition coefficient (Wildman–Crippen LogP) is 3.25. The second-order valence-electron chi connectivity index (χ2n) is 5.36. The third-order valence-corrected chi connectivity index (χ3v) is 6.25. The van der Waals surface area contributed by atoms with Crippen molar-refractivity contribution in [3.63, 3.8) is 0 Å². The van der Waals surface area contributed by atoms with Crippen LogP contribution in [0.15, 0.2) is 29.2 Å². The Morgan fingerprint density at radius 1 is 1.10 bits per heavy atom. The summed E-state index contributed by atoms with van der Waals surface area (Å²) in [5, 5.41) is 0.502. The summed E-state index contributed by atoms with van der Waals surface area (Å²) in [4.78, 5) is 12.1. The van der Waals surface area contributed by atoms with Gasteiger partial charge in [0.25, 0.3) is 0 Å². The molecule has 0 aromatic heterocycles. The summed E-state index contributed by atoms with van der Waals surface area (Å²) in [5.41, 5.74) is 0. The number of hydrogen-bond donors (Lipinski definition) is 0. The van der Waals surface area contributed by atoms with Crippen molar-refractivity contribution >= 4 is 27.4 Å². The molecule has 4 nitrogen and oxygen atoms in total. The van der Waals surface area contributed by atoms with Gasteiger partial charge >= 0.3 is 0 Å². The average Bonchev–Trinajstić information content (AvgIpc) is 2.46. The molecule has 1 heterocycles. The zero-order chi connectivity index (χ0) is 15.6. The molecule has 1 aromatic carbocycles. The number of sulfonamides is 1. The molecule has 0 bridgehead atoms. The van der Waals surface area contributed by atoms with Gasteiger partial charge in [-0.3, -0.25) is 4.79 Å². The molecule has 0 unspecified atom stereocenters. The highest BCUT2D eigenvalue weighted by molar-refractivity contribution is 7.89. The third-order valence-electron chi connectivity index (χ3n) is 3.98. The van der Waals surface area contributed by atoms with Crippen LogP contribution in [0.25, 0.3) is 0 Å². The molecule has 1 aliphatic heterocycles. The van der Waals surface area contributed by atoms with E-state index in [1.807, 2.05) is 13.8 Å². The Bertz CT molecular complexity index is 596. The second kappa shape index (κ2) is 6.46. The van der Waals surface area contributed by atoms with Crippen molar-refractivity contribution < 1.29 is 13.2 Å². The van der Waals surface area contributed by atoms with Crippen LogP contribution in [-0.2, 0) is 14.8 Å². The van der Waals surface area contributed by atoms with Gasteiger partial charge in [-0.1, -0.05) is 25.4 Å². The molecule has 1 fully saturated rings. The Balaban J connectivity index is 2.43. The number of Topliss-reactive ketones (excluding diaryl/α,β-unsaturated/α-hetero) is 1. The number of halogens is 1. The molecule has 0 amide bonds. The van der Waals surface area contributed by atoms with E-state index in [-0.39, 0.29) is 22.8 Å². The smallest absolute Gasteiger partial charge is 0.243 e. The number of benzene rings is 1. The maximum atomic E-state index is 12.9. The second-order valence-corrected chi connectivity index (χ2v) is 7.64. The van der Waals surface area contributed by atoms with Crippen LogP contribution >= 0.6 is 11.6 Å². The molecular formula is C15H20ClNO3S. The Morgan fingerprint density at radius 3 is 2.00 bits per heavy atom. The zero-order valence-corrected chi connectivity index (χ0v) is 13.8. The maximum Gasteiger partial charge on any atom is 0.243 e. The van der Waals surface area contributed by atoms with E-state index in [4.69, 9.17) is 11.6 Å². The molecule has 116 valence electrons. The van der Waals surface area contributed by atoms with E-state index in [9.17, 15) is 13.2 Å². The van der Waals surface area contributed by atoms with Crippen LogP contribution in [0.1, 0.15) is 39.5 Å². The largest absolute Gasteiger partial charge is 0.300 e. The van der Waals surface area contributed by atoms with Crippen LogP contribution in [0.5, 0.6) is 0 Å². The fourth-order valence-corrected chi connectivity index (χ4v) is 4.94. The van der Waals surface area contributed by atoms with Crippen molar-refractivity contribution in [3.05, 3.63) is 29.3 Å². The minimum absolute atomic E-state index is 0.149. The number of hydrogen-bond acceptors (Lipinski definition) is 3. The lowest BCUT2D eigenvalue weighted by Crippen LogP contribution is -2.51. The first-order valence-corrected chi connectivity index (χ1v) is 9.02. The van der Waals surface area contributed by atoms with Gasteiger partial charge < -0.3 is 0 Å². The van der Waals surface area contributed by atoms with E-state index < -0.39 is 10.0 Å². The number of ketones is 1. The van der Waals surface area contributed by atoms with E-state index in [0.717, 1.165) is 0 Å². The average molecular weight is 330 g/mol. The van der Waals surface area contributed by atoms with Gasteiger partial charge in [0.15, 0.2) is 0 Å². The summed E-state index contributed by atoms with van der Waals surface area (Å²) in [6.45, 7) is 3.83. The number of rotatable bonds is 4. The zero-order valence-electron chi connectivity index (χ0n) is 12.3. The van der Waals surface area contributed by atoms with Crippen molar-refractivity contribution in [1.82, 2.24) is 4.31 Å². The summed E-state index contributed by atoms with van der Waals surface area (Å²) >= 11 is 5.83. The number of carbonyl (C=O) groups is 1. The molecule has 2 atom stereocenters. The van der Waals surface area contributed by atoms with Gasteiger partial charge in [0, 0.05) is 29.9 Å². The first kappa shape index (κ1) is 16.5. The quantitative estimate of drug-likeness (QED) is 0.852. The Kier molecular flexibility index (Phi) is 5.07. The van der Waals surface area contributed by atoms with Crippen LogP contribution in [0, 0.1) is 0 Å². The summed E-state index contributed by atoms with van der Waals surface area (Å²) in [5.74, 6) is 0.149. The topological polar surface area (TPSA) is 54.5 Å². The maximum absolute atomic E-state index is 12.9. The standard InChI is InChI=1S/C15H20ClNO3S/c1-3-12-9-14(18)10-13(4-2)17(12)21(19,20)15-7-5-11(16)6-8-15/h5-8,12-13H,3-4,9-10H2,1-2H3/t12-,13+. The fourth-order valence-electron chi connectivity index (χ4n) is 2.86. The van der Waals surface area contributed by atoms with Crippen LogP contribution in [0.3, 0.4) is 0 Å². The molecule has 2 rings (SSSR count). The molecule has 0 spiro atoms. The van der Waals surface area contributed by atoms with Gasteiger partial charge in [0.2, 0.25) is 10.0 Å². The fraction of sp³-hybridized carbons (Fsp3) is 0.533. The van der Waals surface area contributed by atoms with Crippen LogP contribution < -0.4 is 0 Å². The van der Waals surface area contributed by atoms with Gasteiger partial charge in [-0.2, -0.15) is 4.31 Å². The van der Waals surface area contributed by atoms with Gasteiger partial charge in [-0.25, -0.2) is 8.42 Å². The molecular weight excluding hydrogens is 310 g/mol. The number of carbonyl (C=O) groups excluding carboxylic acids is 1. The summed E-state index contributed by atoms with van der Waals surface area (Å²) in [7, 11) is -3.60. The summed E-state index contributed by atoms with van der Waals surface area (Å²) < 4.78 is 27.4. The number of piperidine rings is 1. The highest BCUT2D eigenvalue weighted by atomic mass is 35.5.